The van der Waals surface area contributed by atoms with Gasteiger partial charge in [0.15, 0.2) is 5.78 Å². The smallest absolute Gasteiger partial charge is 0.193 e. The molecule has 2 rings (SSSR count). The third kappa shape index (κ3) is 4.67. The Kier molecular flexibility index (Phi) is 5.73. The van der Waals surface area contributed by atoms with Gasteiger partial charge in [-0.2, -0.15) is 0 Å². The lowest BCUT2D eigenvalue weighted by Gasteiger charge is -2.09. The molecule has 0 aromatic heterocycles. The van der Waals surface area contributed by atoms with Crippen LogP contribution in [0.15, 0.2) is 48.5 Å². The van der Waals surface area contributed by atoms with Gasteiger partial charge in [0.25, 0.3) is 0 Å². The molecule has 0 heterocycles. The van der Waals surface area contributed by atoms with Crippen LogP contribution in [0.1, 0.15) is 27.0 Å². The largest absolute Gasteiger partial charge is 0.772 e. The maximum absolute atomic E-state index is 12.4. The molecule has 0 N–H and O–H groups in total. The maximum Gasteiger partial charge on any atom is 0.193 e. The molecule has 0 bridgehead atoms. The van der Waals surface area contributed by atoms with Crippen LogP contribution >= 0.6 is 0 Å². The van der Waals surface area contributed by atoms with Crippen molar-refractivity contribution < 1.29 is 22.3 Å². The van der Waals surface area contributed by atoms with E-state index in [1.807, 2.05) is 0 Å². The zero-order valence-electron chi connectivity index (χ0n) is 11.4. The Hall–Kier alpha value is -1.67. The number of hydrogen-bond acceptors (Lipinski definition) is 5. The summed E-state index contributed by atoms with van der Waals surface area (Å²) in [5, 5.41) is 0. The van der Waals surface area contributed by atoms with Crippen molar-refractivity contribution >= 4 is 27.9 Å². The number of hydrogen-bond donors (Lipinski definition) is 0. The molecule has 22 heavy (non-hydrogen) atoms. The Morgan fingerprint density at radius 2 is 1.23 bits per heavy atom. The van der Waals surface area contributed by atoms with Gasteiger partial charge in [0.05, 0.1) is 0 Å². The molecular weight excluding hydrogens is 324 g/mol. The summed E-state index contributed by atoms with van der Waals surface area (Å²) in [7, 11) is 0. The molecule has 0 radical (unpaired) electrons. The van der Waals surface area contributed by atoms with E-state index < -0.39 is 22.2 Å². The Bertz CT molecular complexity index is 681. The van der Waals surface area contributed by atoms with Crippen LogP contribution in [0, 0.1) is 0 Å². The molecule has 0 spiro atoms. The molecule has 5 nitrogen and oxygen atoms in total. The van der Waals surface area contributed by atoms with E-state index in [0.717, 1.165) is 0 Å². The average molecular weight is 336 g/mol. The van der Waals surface area contributed by atoms with E-state index >= 15 is 0 Å². The molecule has 0 amide bonds. The van der Waals surface area contributed by atoms with E-state index in [2.05, 4.69) is 0 Å². The first kappa shape index (κ1) is 16.7. The Morgan fingerprint density at radius 3 is 1.59 bits per heavy atom. The predicted molar refractivity (Wildman–Crippen MR) is 81.6 cm³/mol. The van der Waals surface area contributed by atoms with Crippen molar-refractivity contribution in [1.82, 2.24) is 0 Å². The first-order chi connectivity index (χ1) is 10.5. The highest BCUT2D eigenvalue weighted by atomic mass is 32.2. The van der Waals surface area contributed by atoms with E-state index in [1.165, 1.54) is 12.1 Å². The van der Waals surface area contributed by atoms with Crippen LogP contribution in [-0.2, 0) is 33.7 Å². The summed E-state index contributed by atoms with van der Waals surface area (Å²) >= 11 is -4.45. The molecule has 0 saturated heterocycles. The second kappa shape index (κ2) is 7.55. The van der Waals surface area contributed by atoms with Gasteiger partial charge < -0.3 is 9.11 Å². The summed E-state index contributed by atoms with van der Waals surface area (Å²) in [5.41, 5.74) is 1.78. The third-order valence-corrected chi connectivity index (χ3v) is 4.09. The summed E-state index contributed by atoms with van der Waals surface area (Å²) in [6.45, 7) is 0. The van der Waals surface area contributed by atoms with Gasteiger partial charge >= 0.3 is 0 Å². The minimum absolute atomic E-state index is 0.156. The highest BCUT2D eigenvalue weighted by Crippen LogP contribution is 2.15. The number of benzene rings is 2. The van der Waals surface area contributed by atoms with Crippen LogP contribution in [0.3, 0.4) is 0 Å². The molecule has 116 valence electrons. The van der Waals surface area contributed by atoms with E-state index in [-0.39, 0.29) is 17.3 Å². The summed E-state index contributed by atoms with van der Waals surface area (Å²) < 4.78 is 42.9. The minimum Gasteiger partial charge on any atom is -0.772 e. The lowest BCUT2D eigenvalue weighted by atomic mass is 10.0. The first-order valence-corrected chi connectivity index (χ1v) is 8.79. The Morgan fingerprint density at radius 1 is 0.818 bits per heavy atom. The summed E-state index contributed by atoms with van der Waals surface area (Å²) in [6.07, 6.45) is 0. The van der Waals surface area contributed by atoms with Gasteiger partial charge in [0, 0.05) is 22.6 Å². The van der Waals surface area contributed by atoms with Crippen molar-refractivity contribution in [3.63, 3.8) is 0 Å². The molecule has 0 aliphatic heterocycles. The molecule has 2 aromatic rings. The number of rotatable bonds is 6. The molecule has 7 heteroatoms. The van der Waals surface area contributed by atoms with Crippen LogP contribution in [0.2, 0.25) is 0 Å². The Balaban J connectivity index is 2.28. The fraction of sp³-hybridized carbons (Fsp3) is 0.133. The standard InChI is InChI=1S/C15H14O5S2/c16-15(13-5-1-3-11(7-13)9-21(17)18)14-6-2-4-12(8-14)10-22(19)20/h1-8H,9-10H2,(H,17,18)(H,19,20)/p-2. The van der Waals surface area contributed by atoms with Crippen molar-refractivity contribution in [1.29, 1.82) is 0 Å². The highest BCUT2D eigenvalue weighted by molar-refractivity contribution is 7.78. The Labute approximate surface area is 132 Å². The van der Waals surface area contributed by atoms with E-state index in [0.29, 0.717) is 22.3 Å². The van der Waals surface area contributed by atoms with Crippen molar-refractivity contribution in [2.75, 3.05) is 0 Å². The normalized spacial score (nSPS) is 13.5. The van der Waals surface area contributed by atoms with Crippen LogP contribution in [0.4, 0.5) is 0 Å². The van der Waals surface area contributed by atoms with Crippen molar-refractivity contribution in [3.05, 3.63) is 70.8 Å². The fourth-order valence-electron chi connectivity index (χ4n) is 2.04. The van der Waals surface area contributed by atoms with E-state index in [1.54, 1.807) is 36.4 Å². The molecule has 0 saturated carbocycles. The molecule has 0 aliphatic carbocycles. The predicted octanol–water partition coefficient (Wildman–Crippen LogP) is 1.68. The summed E-state index contributed by atoms with van der Waals surface area (Å²) in [6, 6.07) is 12.7. The average Bonchev–Trinajstić information content (AvgIpc) is 2.45. The van der Waals surface area contributed by atoms with Crippen LogP contribution in [0.25, 0.3) is 0 Å². The SMILES string of the molecule is O=C(c1cccc(CS(=O)[O-])c1)c1cccc(CS(=O)[O-])c1. The third-order valence-electron chi connectivity index (χ3n) is 2.95. The van der Waals surface area contributed by atoms with Crippen LogP contribution < -0.4 is 0 Å². The molecular formula is C15H12O5S2-2. The molecule has 2 aromatic carbocycles. The van der Waals surface area contributed by atoms with Crippen molar-refractivity contribution in [2.24, 2.45) is 0 Å². The topological polar surface area (TPSA) is 97.3 Å². The van der Waals surface area contributed by atoms with Gasteiger partial charge in [-0.15, -0.1) is 0 Å². The highest BCUT2D eigenvalue weighted by Gasteiger charge is 2.10. The summed E-state index contributed by atoms with van der Waals surface area (Å²) in [4.78, 5) is 12.4. The zero-order valence-corrected chi connectivity index (χ0v) is 13.0. The molecule has 2 atom stereocenters. The number of carbonyl (C=O) groups is 1. The number of carbonyl (C=O) groups excluding carboxylic acids is 1. The van der Waals surface area contributed by atoms with Gasteiger partial charge in [-0.3, -0.25) is 13.2 Å². The minimum atomic E-state index is -2.22. The van der Waals surface area contributed by atoms with Crippen molar-refractivity contribution in [2.45, 2.75) is 11.5 Å². The lowest BCUT2D eigenvalue weighted by Crippen LogP contribution is -2.04. The zero-order chi connectivity index (χ0) is 16.1. The molecule has 0 aliphatic rings. The van der Waals surface area contributed by atoms with E-state index in [4.69, 9.17) is 0 Å². The van der Waals surface area contributed by atoms with Gasteiger partial charge in [-0.1, -0.05) is 58.6 Å². The van der Waals surface area contributed by atoms with Gasteiger partial charge in [-0.25, -0.2) is 0 Å². The second-order valence-electron chi connectivity index (χ2n) is 4.63. The summed E-state index contributed by atoms with van der Waals surface area (Å²) in [5.74, 6) is -0.593. The lowest BCUT2D eigenvalue weighted by molar-refractivity contribution is 0.103. The van der Waals surface area contributed by atoms with Gasteiger partial charge in [0.2, 0.25) is 0 Å². The van der Waals surface area contributed by atoms with Gasteiger partial charge in [0.1, 0.15) is 0 Å². The second-order valence-corrected chi connectivity index (χ2v) is 6.42. The maximum atomic E-state index is 12.4. The van der Waals surface area contributed by atoms with E-state index in [9.17, 15) is 22.3 Å². The van der Waals surface area contributed by atoms with Crippen LogP contribution in [0.5, 0.6) is 0 Å². The van der Waals surface area contributed by atoms with Crippen LogP contribution in [-0.4, -0.2) is 23.3 Å². The fourth-order valence-corrected chi connectivity index (χ4v) is 2.95. The molecule has 0 fully saturated rings. The van der Waals surface area contributed by atoms with Gasteiger partial charge in [-0.05, 0) is 23.3 Å². The number of ketones is 1. The van der Waals surface area contributed by atoms with Crippen molar-refractivity contribution in [3.8, 4) is 0 Å². The quantitative estimate of drug-likeness (QED) is 0.590. The first-order valence-electron chi connectivity index (χ1n) is 6.30. The monoisotopic (exact) mass is 336 g/mol. The molecule has 2 unspecified atom stereocenters.